The zero-order chi connectivity index (χ0) is 28.3. The van der Waals surface area contributed by atoms with Crippen molar-refractivity contribution in [1.82, 2.24) is 4.90 Å². The Kier molecular flexibility index (Phi) is 9.01. The molecule has 1 fully saturated rings. The number of carbonyl (C=O) groups is 2. The summed E-state index contributed by atoms with van der Waals surface area (Å²) in [7, 11) is 1.25. The summed E-state index contributed by atoms with van der Waals surface area (Å²) in [6, 6.07) is 16.2. The number of anilines is 1. The van der Waals surface area contributed by atoms with Gasteiger partial charge >= 0.3 is 5.97 Å². The number of nitro benzene ring substituents is 1. The van der Waals surface area contributed by atoms with E-state index in [0.29, 0.717) is 36.5 Å². The molecule has 0 spiro atoms. The van der Waals surface area contributed by atoms with Crippen LogP contribution in [0.3, 0.4) is 0 Å². The number of nitro groups is 1. The highest BCUT2D eigenvalue weighted by Gasteiger charge is 2.40. The van der Waals surface area contributed by atoms with Gasteiger partial charge in [0.25, 0.3) is 11.6 Å². The minimum absolute atomic E-state index is 0.0282. The van der Waals surface area contributed by atoms with E-state index >= 15 is 0 Å². The lowest BCUT2D eigenvalue weighted by Crippen LogP contribution is -2.35. The highest BCUT2D eigenvalue weighted by molar-refractivity contribution is 9.11. The first-order chi connectivity index (χ1) is 18.6. The zero-order valence-electron chi connectivity index (χ0n) is 20.1. The number of hydrogen-bond donors (Lipinski definition) is 0. The summed E-state index contributed by atoms with van der Waals surface area (Å²) in [5, 5.41) is 11.7. The molecule has 0 aromatic heterocycles. The predicted molar refractivity (Wildman–Crippen MR) is 158 cm³/mol. The van der Waals surface area contributed by atoms with Crippen LogP contribution in [0.1, 0.15) is 11.1 Å². The van der Waals surface area contributed by atoms with E-state index in [0.717, 1.165) is 0 Å². The summed E-state index contributed by atoms with van der Waals surface area (Å²) in [4.78, 5) is 39.0. The van der Waals surface area contributed by atoms with Crippen LogP contribution in [0.5, 0.6) is 5.75 Å². The Morgan fingerprint density at radius 1 is 1.13 bits per heavy atom. The minimum Gasteiger partial charge on any atom is -0.487 e. The van der Waals surface area contributed by atoms with Gasteiger partial charge in [-0.2, -0.15) is 0 Å². The third-order valence-corrected chi connectivity index (χ3v) is 7.40. The maximum atomic E-state index is 13.5. The lowest BCUT2D eigenvalue weighted by molar-refractivity contribution is -0.384. The summed E-state index contributed by atoms with van der Waals surface area (Å²) in [6.07, 6.45) is 1.60. The molecule has 1 aliphatic heterocycles. The van der Waals surface area contributed by atoms with Crippen molar-refractivity contribution in [3.63, 3.8) is 0 Å². The Balaban J connectivity index is 1.64. The molecule has 0 bridgehead atoms. The molecule has 0 radical (unpaired) electrons. The molecule has 4 rings (SSSR count). The van der Waals surface area contributed by atoms with Crippen molar-refractivity contribution < 1.29 is 24.0 Å². The number of rotatable bonds is 8. The van der Waals surface area contributed by atoms with Crippen molar-refractivity contribution in [2.45, 2.75) is 6.61 Å². The van der Waals surface area contributed by atoms with E-state index < -0.39 is 16.8 Å². The van der Waals surface area contributed by atoms with Crippen LogP contribution in [0.25, 0.3) is 6.08 Å². The molecule has 1 amide bonds. The van der Waals surface area contributed by atoms with Gasteiger partial charge in [-0.25, -0.2) is 0 Å². The Hall–Kier alpha value is -3.32. The highest BCUT2D eigenvalue weighted by atomic mass is 79.9. The second-order valence-electron chi connectivity index (χ2n) is 8.12. The van der Waals surface area contributed by atoms with Gasteiger partial charge in [0.2, 0.25) is 0 Å². The zero-order valence-corrected chi connectivity index (χ0v) is 24.8. The molecule has 0 saturated carbocycles. The van der Waals surface area contributed by atoms with Gasteiger partial charge in [-0.15, -0.1) is 0 Å². The topological polar surface area (TPSA) is 102 Å². The minimum atomic E-state index is -0.568. The normalized spacial score (nSPS) is 14.2. The number of methoxy groups -OCH3 is 1. The summed E-state index contributed by atoms with van der Waals surface area (Å²) in [6.45, 7) is -0.168. The third-order valence-electron chi connectivity index (χ3n) is 5.56. The van der Waals surface area contributed by atoms with Gasteiger partial charge in [0.1, 0.15) is 24.6 Å². The van der Waals surface area contributed by atoms with Gasteiger partial charge in [0.15, 0.2) is 5.11 Å². The number of nitrogens with zero attached hydrogens (tertiary/aromatic N) is 3. The Labute approximate surface area is 250 Å². The van der Waals surface area contributed by atoms with Crippen molar-refractivity contribution in [2.75, 3.05) is 18.6 Å². The van der Waals surface area contributed by atoms with Gasteiger partial charge in [-0.05, 0) is 97.7 Å². The number of carbonyl (C=O) groups excluding carboxylic acids is 2. The smallest absolute Gasteiger partial charge is 0.325 e. The average Bonchev–Trinajstić information content (AvgIpc) is 3.12. The van der Waals surface area contributed by atoms with Gasteiger partial charge in [-0.3, -0.25) is 24.6 Å². The quantitative estimate of drug-likeness (QED) is 0.0866. The monoisotopic (exact) mass is 693 g/mol. The van der Waals surface area contributed by atoms with Gasteiger partial charge in [0.05, 0.1) is 26.7 Å². The lowest BCUT2D eigenvalue weighted by atomic mass is 10.1. The number of hydrogen-bond acceptors (Lipinski definition) is 7. The number of thiocarbonyl (C=S) groups is 1. The van der Waals surface area contributed by atoms with E-state index in [1.165, 1.54) is 29.0 Å². The van der Waals surface area contributed by atoms with Crippen molar-refractivity contribution in [2.24, 2.45) is 0 Å². The first kappa shape index (κ1) is 28.7. The molecule has 200 valence electrons. The molecule has 1 aliphatic rings. The molecule has 13 heteroatoms. The van der Waals surface area contributed by atoms with Crippen molar-refractivity contribution in [3.8, 4) is 5.75 Å². The molecule has 0 atom stereocenters. The van der Waals surface area contributed by atoms with E-state index in [4.69, 9.17) is 33.3 Å². The predicted octanol–water partition coefficient (Wildman–Crippen LogP) is 6.50. The van der Waals surface area contributed by atoms with Gasteiger partial charge in [0, 0.05) is 17.2 Å². The van der Waals surface area contributed by atoms with Gasteiger partial charge < -0.3 is 14.4 Å². The number of esters is 1. The fourth-order valence-corrected chi connectivity index (χ4v) is 5.65. The molecule has 1 heterocycles. The first-order valence-electron chi connectivity index (χ1n) is 11.1. The second-order valence-corrected chi connectivity index (χ2v) is 10.6. The van der Waals surface area contributed by atoms with E-state index in [1.807, 2.05) is 0 Å². The van der Waals surface area contributed by atoms with Crippen LogP contribution in [0.15, 0.2) is 75.3 Å². The van der Waals surface area contributed by atoms with Crippen LogP contribution >= 0.6 is 55.7 Å². The molecule has 1 saturated heterocycles. The number of ether oxygens (including phenoxy) is 2. The first-order valence-corrected chi connectivity index (χ1v) is 13.5. The summed E-state index contributed by atoms with van der Waals surface area (Å²) < 4.78 is 11.8. The second kappa shape index (κ2) is 12.2. The summed E-state index contributed by atoms with van der Waals surface area (Å²) >= 11 is 18.5. The van der Waals surface area contributed by atoms with E-state index in [2.05, 4.69) is 31.9 Å². The Morgan fingerprint density at radius 3 is 2.41 bits per heavy atom. The number of halogens is 3. The highest BCUT2D eigenvalue weighted by Crippen LogP contribution is 2.37. The lowest BCUT2D eigenvalue weighted by Gasteiger charge is -2.19. The SMILES string of the molecule is COC(=O)CN1C(=S)N(c2ccc(Cl)cc2)C(=O)/C1=C/c1cc(Br)c(OCc2cccc([N+](=O)[O-])c2)c(Br)c1. The maximum absolute atomic E-state index is 13.5. The number of benzene rings is 3. The molecule has 3 aromatic carbocycles. The van der Waals surface area contributed by atoms with Crippen LogP contribution in [0.2, 0.25) is 5.02 Å². The van der Waals surface area contributed by atoms with Crippen LogP contribution in [-0.4, -0.2) is 40.5 Å². The van der Waals surface area contributed by atoms with Crippen molar-refractivity contribution in [3.05, 3.63) is 102 Å². The molecule has 3 aromatic rings. The van der Waals surface area contributed by atoms with Crippen LogP contribution in [-0.2, 0) is 20.9 Å². The molecule has 9 nitrogen and oxygen atoms in total. The van der Waals surface area contributed by atoms with Crippen LogP contribution in [0, 0.1) is 10.1 Å². The molecule has 0 aliphatic carbocycles. The third kappa shape index (κ3) is 6.47. The largest absolute Gasteiger partial charge is 0.487 e. The van der Waals surface area contributed by atoms with E-state index in [9.17, 15) is 19.7 Å². The maximum Gasteiger partial charge on any atom is 0.325 e. The molecular formula is C26H18Br2ClN3O6S. The van der Waals surface area contributed by atoms with E-state index in [-0.39, 0.29) is 29.6 Å². The average molecular weight is 696 g/mol. The molecule has 0 unspecified atom stereocenters. The molecule has 39 heavy (non-hydrogen) atoms. The fourth-order valence-electron chi connectivity index (χ4n) is 3.72. The number of amides is 1. The fraction of sp³-hybridized carbons (Fsp3) is 0.115. The van der Waals surface area contributed by atoms with Crippen molar-refractivity contribution >= 4 is 90.1 Å². The van der Waals surface area contributed by atoms with Crippen LogP contribution in [0.4, 0.5) is 11.4 Å². The summed E-state index contributed by atoms with van der Waals surface area (Å²) in [5.41, 5.74) is 1.87. The number of non-ortho nitro benzene ring substituents is 1. The Morgan fingerprint density at radius 2 is 1.79 bits per heavy atom. The standard InChI is InChI=1S/C26H18Br2ClN3O6S/c1-37-23(33)13-30-22(25(34)31(26(30)39)18-7-5-17(29)6-8-18)12-16-10-20(27)24(21(28)11-16)38-14-15-3-2-4-19(9-15)32(35)36/h2-12H,13-14H2,1H3/b22-12-. The van der Waals surface area contributed by atoms with Crippen LogP contribution < -0.4 is 9.64 Å². The molecular weight excluding hydrogens is 678 g/mol. The Bertz CT molecular complexity index is 1490. The summed E-state index contributed by atoms with van der Waals surface area (Å²) in [5.74, 6) is -0.531. The molecule has 0 N–H and O–H groups in total. The van der Waals surface area contributed by atoms with Crippen molar-refractivity contribution in [1.29, 1.82) is 0 Å². The van der Waals surface area contributed by atoms with Gasteiger partial charge in [-0.1, -0.05) is 23.7 Å². The van der Waals surface area contributed by atoms with E-state index in [1.54, 1.807) is 54.6 Å².